The van der Waals surface area contributed by atoms with E-state index in [0.717, 1.165) is 33.2 Å². The van der Waals surface area contributed by atoms with E-state index in [-0.39, 0.29) is 5.69 Å². The largest absolute Gasteiger partial charge is 0.476 e. The van der Waals surface area contributed by atoms with Crippen LogP contribution in [-0.4, -0.2) is 16.1 Å². The first-order valence-corrected chi connectivity index (χ1v) is 7.10. The fourth-order valence-corrected chi connectivity index (χ4v) is 3.89. The van der Waals surface area contributed by atoms with Gasteiger partial charge in [-0.15, -0.1) is 22.7 Å². The number of thiophene rings is 1. The first kappa shape index (κ1) is 12.3. The summed E-state index contributed by atoms with van der Waals surface area (Å²) < 4.78 is 0. The first-order chi connectivity index (χ1) is 8.13. The van der Waals surface area contributed by atoms with E-state index in [1.807, 2.05) is 18.4 Å². The van der Waals surface area contributed by atoms with Gasteiger partial charge in [-0.25, -0.2) is 9.78 Å². The highest BCUT2D eigenvalue weighted by Crippen LogP contribution is 2.36. The van der Waals surface area contributed by atoms with E-state index in [2.05, 4.69) is 11.9 Å². The fourth-order valence-electron chi connectivity index (χ4n) is 1.59. The molecule has 1 N–H and O–H groups in total. The average Bonchev–Trinajstić information content (AvgIpc) is 2.84. The van der Waals surface area contributed by atoms with E-state index in [1.165, 1.54) is 11.3 Å². The number of aromatic nitrogens is 1. The Morgan fingerprint density at radius 2 is 2.24 bits per heavy atom. The van der Waals surface area contributed by atoms with Gasteiger partial charge in [0.2, 0.25) is 0 Å². The molecule has 0 saturated carbocycles. The van der Waals surface area contributed by atoms with E-state index in [4.69, 9.17) is 0 Å². The molecule has 0 spiro atoms. The highest BCUT2D eigenvalue weighted by molar-refractivity contribution is 7.21. The van der Waals surface area contributed by atoms with Crippen LogP contribution in [0.3, 0.4) is 0 Å². The van der Waals surface area contributed by atoms with Crippen LogP contribution < -0.4 is 0 Å². The predicted octanol–water partition coefficient (Wildman–Crippen LogP) is 3.83. The molecule has 0 aliphatic heterocycles. The smallest absolute Gasteiger partial charge is 0.356 e. The molecule has 3 nitrogen and oxygen atoms in total. The van der Waals surface area contributed by atoms with Gasteiger partial charge in [-0.1, -0.05) is 6.92 Å². The van der Waals surface area contributed by atoms with Crippen LogP contribution in [0.1, 0.15) is 34.4 Å². The van der Waals surface area contributed by atoms with Crippen molar-refractivity contribution in [1.82, 2.24) is 4.98 Å². The standard InChI is InChI=1S/C12H13NO2S2/c1-3-4-8-13-9(12(14)15)11(17-8)10-7(2)5-6-16-10/h5-6H,3-4H2,1-2H3,(H,14,15). The van der Waals surface area contributed by atoms with Crippen molar-refractivity contribution in [2.45, 2.75) is 26.7 Å². The quantitative estimate of drug-likeness (QED) is 0.915. The minimum Gasteiger partial charge on any atom is -0.476 e. The molecule has 2 heterocycles. The molecule has 0 unspecified atom stereocenters. The number of carboxylic acid groups (broad SMARTS) is 1. The summed E-state index contributed by atoms with van der Waals surface area (Å²) in [6, 6.07) is 2.00. The second kappa shape index (κ2) is 4.98. The summed E-state index contributed by atoms with van der Waals surface area (Å²) in [6.07, 6.45) is 1.82. The molecular weight excluding hydrogens is 254 g/mol. The van der Waals surface area contributed by atoms with Crippen molar-refractivity contribution in [2.75, 3.05) is 0 Å². The van der Waals surface area contributed by atoms with Crippen molar-refractivity contribution >= 4 is 28.6 Å². The topological polar surface area (TPSA) is 50.2 Å². The van der Waals surface area contributed by atoms with Gasteiger partial charge in [0, 0.05) is 4.88 Å². The Balaban J connectivity index is 2.52. The Hall–Kier alpha value is -1.20. The minimum atomic E-state index is -0.939. The summed E-state index contributed by atoms with van der Waals surface area (Å²) in [7, 11) is 0. The minimum absolute atomic E-state index is 0.198. The SMILES string of the molecule is CCCc1nc(C(=O)O)c(-c2sccc2C)s1. The number of hydrogen-bond donors (Lipinski definition) is 1. The van der Waals surface area contributed by atoms with Crippen LogP contribution in [0.25, 0.3) is 9.75 Å². The second-order valence-electron chi connectivity index (χ2n) is 3.77. The van der Waals surface area contributed by atoms with Crippen LogP contribution in [0.5, 0.6) is 0 Å². The van der Waals surface area contributed by atoms with E-state index in [0.29, 0.717) is 0 Å². The summed E-state index contributed by atoms with van der Waals surface area (Å²) in [5.74, 6) is -0.939. The maximum absolute atomic E-state index is 11.2. The Labute approximate surface area is 108 Å². The molecule has 0 aromatic carbocycles. The molecule has 0 radical (unpaired) electrons. The molecule has 0 fully saturated rings. The van der Waals surface area contributed by atoms with E-state index >= 15 is 0 Å². The highest BCUT2D eigenvalue weighted by Gasteiger charge is 2.20. The summed E-state index contributed by atoms with van der Waals surface area (Å²) >= 11 is 3.08. The van der Waals surface area contributed by atoms with Crippen molar-refractivity contribution in [3.63, 3.8) is 0 Å². The van der Waals surface area contributed by atoms with Crippen molar-refractivity contribution < 1.29 is 9.90 Å². The average molecular weight is 267 g/mol. The fraction of sp³-hybridized carbons (Fsp3) is 0.333. The maximum Gasteiger partial charge on any atom is 0.356 e. The van der Waals surface area contributed by atoms with Gasteiger partial charge < -0.3 is 5.11 Å². The van der Waals surface area contributed by atoms with Crippen LogP contribution in [0.15, 0.2) is 11.4 Å². The van der Waals surface area contributed by atoms with Gasteiger partial charge in [0.05, 0.1) is 9.88 Å². The molecule has 0 bridgehead atoms. The number of carbonyl (C=O) groups is 1. The molecule has 5 heteroatoms. The lowest BCUT2D eigenvalue weighted by atomic mass is 10.2. The lowest BCUT2D eigenvalue weighted by Gasteiger charge is -1.96. The molecular formula is C12H13NO2S2. The van der Waals surface area contributed by atoms with Gasteiger partial charge in [0.25, 0.3) is 0 Å². The Morgan fingerprint density at radius 1 is 1.47 bits per heavy atom. The van der Waals surface area contributed by atoms with Crippen molar-refractivity contribution in [2.24, 2.45) is 0 Å². The van der Waals surface area contributed by atoms with Crippen LogP contribution in [0.4, 0.5) is 0 Å². The zero-order valence-electron chi connectivity index (χ0n) is 9.69. The van der Waals surface area contributed by atoms with E-state index < -0.39 is 5.97 Å². The zero-order chi connectivity index (χ0) is 12.4. The molecule has 2 aromatic heterocycles. The Morgan fingerprint density at radius 3 is 2.76 bits per heavy atom. The van der Waals surface area contributed by atoms with Crippen LogP contribution in [-0.2, 0) is 6.42 Å². The molecule has 90 valence electrons. The normalized spacial score (nSPS) is 10.7. The lowest BCUT2D eigenvalue weighted by molar-refractivity contribution is 0.0692. The molecule has 0 amide bonds. The number of aromatic carboxylic acids is 1. The lowest BCUT2D eigenvalue weighted by Crippen LogP contribution is -1.99. The van der Waals surface area contributed by atoms with E-state index in [9.17, 15) is 9.90 Å². The number of nitrogens with zero attached hydrogens (tertiary/aromatic N) is 1. The second-order valence-corrected chi connectivity index (χ2v) is 5.77. The van der Waals surface area contributed by atoms with Gasteiger partial charge in [0.1, 0.15) is 0 Å². The third kappa shape index (κ3) is 2.40. The summed E-state index contributed by atoms with van der Waals surface area (Å²) in [6.45, 7) is 4.06. The van der Waals surface area contributed by atoms with Gasteiger partial charge in [-0.2, -0.15) is 0 Å². The Bertz CT molecular complexity index is 542. The van der Waals surface area contributed by atoms with Crippen molar-refractivity contribution in [3.05, 3.63) is 27.7 Å². The van der Waals surface area contributed by atoms with Gasteiger partial charge in [-0.05, 0) is 36.8 Å². The summed E-state index contributed by atoms with van der Waals surface area (Å²) in [5.41, 5.74) is 1.31. The van der Waals surface area contributed by atoms with Crippen molar-refractivity contribution in [3.8, 4) is 9.75 Å². The third-order valence-corrected chi connectivity index (χ3v) is 4.70. The van der Waals surface area contributed by atoms with Gasteiger partial charge in [0.15, 0.2) is 5.69 Å². The maximum atomic E-state index is 11.2. The van der Waals surface area contributed by atoms with Crippen molar-refractivity contribution in [1.29, 1.82) is 0 Å². The molecule has 0 atom stereocenters. The van der Waals surface area contributed by atoms with Gasteiger partial charge >= 0.3 is 5.97 Å². The van der Waals surface area contributed by atoms with Gasteiger partial charge in [-0.3, -0.25) is 0 Å². The first-order valence-electron chi connectivity index (χ1n) is 5.41. The summed E-state index contributed by atoms with van der Waals surface area (Å²) in [5, 5.41) is 12.1. The molecule has 2 aromatic rings. The monoisotopic (exact) mass is 267 g/mol. The molecule has 0 saturated heterocycles. The number of hydrogen-bond acceptors (Lipinski definition) is 4. The molecule has 0 aliphatic carbocycles. The Kier molecular flexibility index (Phi) is 3.59. The number of thiazole rings is 1. The molecule has 0 aliphatic rings. The highest BCUT2D eigenvalue weighted by atomic mass is 32.1. The van der Waals surface area contributed by atoms with Crippen LogP contribution in [0, 0.1) is 6.92 Å². The van der Waals surface area contributed by atoms with E-state index in [1.54, 1.807) is 11.3 Å². The number of rotatable bonds is 4. The zero-order valence-corrected chi connectivity index (χ0v) is 11.3. The number of carboxylic acids is 1. The van der Waals surface area contributed by atoms with Crippen LogP contribution in [0.2, 0.25) is 0 Å². The third-order valence-electron chi connectivity index (χ3n) is 2.41. The molecule has 2 rings (SSSR count). The predicted molar refractivity (Wildman–Crippen MR) is 71.1 cm³/mol. The van der Waals surface area contributed by atoms with Crippen LogP contribution >= 0.6 is 22.7 Å². The summed E-state index contributed by atoms with van der Waals surface area (Å²) in [4.78, 5) is 17.2. The number of aryl methyl sites for hydroxylation is 2. The molecule has 17 heavy (non-hydrogen) atoms.